The Morgan fingerprint density at radius 2 is 2.04 bits per heavy atom. The molecule has 128 valence electrons. The number of carbonyl (C=O) groups is 2. The fourth-order valence-corrected chi connectivity index (χ4v) is 2.28. The largest absolute Gasteiger partial charge is 0.479 e. The molecule has 7 heteroatoms. The Morgan fingerprint density at radius 1 is 1.33 bits per heavy atom. The molecule has 0 bridgehead atoms. The van der Waals surface area contributed by atoms with Crippen molar-refractivity contribution in [2.45, 2.75) is 39.0 Å². The van der Waals surface area contributed by atoms with Crippen molar-refractivity contribution in [2.24, 2.45) is 0 Å². The third kappa shape index (κ3) is 4.34. The van der Waals surface area contributed by atoms with E-state index in [9.17, 15) is 14.7 Å². The minimum atomic E-state index is -1.50. The second-order valence-electron chi connectivity index (χ2n) is 5.65. The van der Waals surface area contributed by atoms with E-state index in [0.29, 0.717) is 6.42 Å². The molecule has 0 spiro atoms. The number of rotatable bonds is 7. The first kappa shape index (κ1) is 17.5. The molecule has 0 saturated heterocycles. The van der Waals surface area contributed by atoms with E-state index in [1.54, 1.807) is 17.0 Å². The maximum Gasteiger partial charge on any atom is 0.408 e. The molecule has 1 aromatic carbocycles. The Balaban J connectivity index is 2.01. The molecule has 24 heavy (non-hydrogen) atoms. The third-order valence-corrected chi connectivity index (χ3v) is 3.67. The first-order valence-corrected chi connectivity index (χ1v) is 7.67. The predicted molar refractivity (Wildman–Crippen MR) is 87.4 cm³/mol. The maximum absolute atomic E-state index is 12.0. The third-order valence-electron chi connectivity index (χ3n) is 3.67. The Kier molecular flexibility index (Phi) is 5.57. The van der Waals surface area contributed by atoms with E-state index in [4.69, 9.17) is 4.74 Å². The van der Waals surface area contributed by atoms with Gasteiger partial charge in [-0.1, -0.05) is 37.3 Å². The van der Waals surface area contributed by atoms with Crippen LogP contribution < -0.4 is 5.32 Å². The minimum Gasteiger partial charge on any atom is -0.479 e. The number of aryl methyl sites for hydroxylation is 1. The van der Waals surface area contributed by atoms with Gasteiger partial charge in [-0.15, -0.1) is 0 Å². The first-order valence-electron chi connectivity index (χ1n) is 7.67. The summed E-state index contributed by atoms with van der Waals surface area (Å²) in [6, 6.07) is 9.18. The molecule has 0 saturated carbocycles. The standard InChI is InChI=1S/C17H21N3O4/c1-3-14-18-9-10-20(14)12-17(2,15(21)22)19-16(23)24-11-13-7-5-4-6-8-13/h4-10H,3,11-12H2,1-2H3,(H,19,23)(H,21,22). The number of hydrogen-bond acceptors (Lipinski definition) is 4. The monoisotopic (exact) mass is 331 g/mol. The molecule has 0 aliphatic carbocycles. The molecule has 1 amide bonds. The fraction of sp³-hybridized carbons (Fsp3) is 0.353. The first-order chi connectivity index (χ1) is 11.4. The van der Waals surface area contributed by atoms with Crippen molar-refractivity contribution in [3.05, 3.63) is 54.1 Å². The lowest BCUT2D eigenvalue weighted by Gasteiger charge is -2.27. The average molecular weight is 331 g/mol. The van der Waals surface area contributed by atoms with Gasteiger partial charge in [0.05, 0.1) is 6.54 Å². The van der Waals surface area contributed by atoms with Gasteiger partial charge in [0.1, 0.15) is 12.4 Å². The number of nitrogens with zero attached hydrogens (tertiary/aromatic N) is 2. The molecular weight excluding hydrogens is 310 g/mol. The van der Waals surface area contributed by atoms with Gasteiger partial charge in [0.2, 0.25) is 0 Å². The van der Waals surface area contributed by atoms with Crippen molar-refractivity contribution < 1.29 is 19.4 Å². The molecule has 1 heterocycles. The second kappa shape index (κ2) is 7.63. The highest BCUT2D eigenvalue weighted by atomic mass is 16.5. The fourth-order valence-electron chi connectivity index (χ4n) is 2.28. The molecule has 0 aliphatic heterocycles. The summed E-state index contributed by atoms with van der Waals surface area (Å²) in [5.41, 5.74) is -0.675. The molecule has 2 aromatic rings. The number of aromatic nitrogens is 2. The molecule has 0 radical (unpaired) electrons. The van der Waals surface area contributed by atoms with Crippen molar-refractivity contribution in [3.8, 4) is 0 Å². The van der Waals surface area contributed by atoms with E-state index in [1.807, 2.05) is 37.3 Å². The van der Waals surface area contributed by atoms with E-state index in [2.05, 4.69) is 10.3 Å². The van der Waals surface area contributed by atoms with Crippen molar-refractivity contribution in [3.63, 3.8) is 0 Å². The highest BCUT2D eigenvalue weighted by molar-refractivity contribution is 5.83. The van der Waals surface area contributed by atoms with E-state index in [1.165, 1.54) is 6.92 Å². The van der Waals surface area contributed by atoms with E-state index in [0.717, 1.165) is 11.4 Å². The van der Waals surface area contributed by atoms with E-state index in [-0.39, 0.29) is 13.2 Å². The van der Waals surface area contributed by atoms with Crippen molar-refractivity contribution in [1.82, 2.24) is 14.9 Å². The number of carboxylic acids is 1. The number of alkyl carbamates (subject to hydrolysis) is 1. The minimum absolute atomic E-state index is 0.0615. The summed E-state index contributed by atoms with van der Waals surface area (Å²) in [6.07, 6.45) is 3.19. The predicted octanol–water partition coefficient (Wildman–Crippen LogP) is 2.22. The van der Waals surface area contributed by atoms with Crippen LogP contribution in [0.4, 0.5) is 4.79 Å². The van der Waals surface area contributed by atoms with Crippen LogP contribution in [0.1, 0.15) is 25.2 Å². The van der Waals surface area contributed by atoms with Gasteiger partial charge < -0.3 is 19.7 Å². The quantitative estimate of drug-likeness (QED) is 0.811. The molecule has 2 N–H and O–H groups in total. The maximum atomic E-state index is 12.0. The Bertz CT molecular complexity index is 699. The van der Waals surface area contributed by atoms with Gasteiger partial charge >= 0.3 is 12.1 Å². The lowest BCUT2D eigenvalue weighted by atomic mass is 10.0. The number of nitrogens with one attached hydrogen (secondary N) is 1. The van der Waals surface area contributed by atoms with Crippen molar-refractivity contribution in [1.29, 1.82) is 0 Å². The average Bonchev–Trinajstić information content (AvgIpc) is 3.00. The number of carboxylic acid groups (broad SMARTS) is 1. The second-order valence-corrected chi connectivity index (χ2v) is 5.65. The zero-order valence-corrected chi connectivity index (χ0v) is 13.7. The van der Waals surface area contributed by atoms with Gasteiger partial charge in [0.25, 0.3) is 0 Å². The van der Waals surface area contributed by atoms with Crippen LogP contribution in [0.5, 0.6) is 0 Å². The van der Waals surface area contributed by atoms with Crippen LogP contribution in [0.2, 0.25) is 0 Å². The molecule has 1 aromatic heterocycles. The number of hydrogen-bond donors (Lipinski definition) is 2. The van der Waals surface area contributed by atoms with E-state index >= 15 is 0 Å². The number of ether oxygens (including phenoxy) is 1. The number of benzene rings is 1. The molecule has 2 rings (SSSR count). The van der Waals surface area contributed by atoms with Crippen LogP contribution in [0.3, 0.4) is 0 Å². The molecule has 7 nitrogen and oxygen atoms in total. The molecule has 0 aliphatic rings. The highest BCUT2D eigenvalue weighted by Crippen LogP contribution is 2.12. The zero-order valence-electron chi connectivity index (χ0n) is 13.7. The lowest BCUT2D eigenvalue weighted by Crippen LogP contribution is -2.55. The Morgan fingerprint density at radius 3 is 2.67 bits per heavy atom. The van der Waals surface area contributed by atoms with Gasteiger partial charge in [0.15, 0.2) is 5.54 Å². The summed E-state index contributed by atoms with van der Waals surface area (Å²) >= 11 is 0. The van der Waals surface area contributed by atoms with Crippen LogP contribution in [-0.4, -0.2) is 32.3 Å². The zero-order chi connectivity index (χ0) is 17.6. The summed E-state index contributed by atoms with van der Waals surface area (Å²) in [6.45, 7) is 3.51. The molecule has 1 unspecified atom stereocenters. The summed E-state index contributed by atoms with van der Waals surface area (Å²) in [7, 11) is 0. The lowest BCUT2D eigenvalue weighted by molar-refractivity contribution is -0.144. The van der Waals surface area contributed by atoms with Crippen LogP contribution in [-0.2, 0) is 29.1 Å². The van der Waals surface area contributed by atoms with Gasteiger partial charge in [-0.2, -0.15) is 0 Å². The normalized spacial score (nSPS) is 13.1. The molecule has 0 fully saturated rings. The SMILES string of the molecule is CCc1nccn1CC(C)(NC(=O)OCc1ccccc1)C(=O)O. The van der Waals surface area contributed by atoms with Crippen molar-refractivity contribution >= 4 is 12.1 Å². The summed E-state index contributed by atoms with van der Waals surface area (Å²) < 4.78 is 6.83. The summed E-state index contributed by atoms with van der Waals surface area (Å²) in [5.74, 6) is -0.392. The highest BCUT2D eigenvalue weighted by Gasteiger charge is 2.36. The van der Waals surface area contributed by atoms with Gasteiger partial charge in [-0.05, 0) is 12.5 Å². The van der Waals surface area contributed by atoms with Crippen molar-refractivity contribution in [2.75, 3.05) is 0 Å². The van der Waals surface area contributed by atoms with Crippen LogP contribution in [0.15, 0.2) is 42.7 Å². The smallest absolute Gasteiger partial charge is 0.408 e. The summed E-state index contributed by atoms with van der Waals surface area (Å²) in [5, 5.41) is 12.0. The molecular formula is C17H21N3O4. The van der Waals surface area contributed by atoms with Gasteiger partial charge in [-0.3, -0.25) is 0 Å². The number of amides is 1. The van der Waals surface area contributed by atoms with Crippen LogP contribution in [0, 0.1) is 0 Å². The topological polar surface area (TPSA) is 93.5 Å². The van der Waals surface area contributed by atoms with E-state index < -0.39 is 17.6 Å². The number of imidazole rings is 1. The van der Waals surface area contributed by atoms with Crippen LogP contribution in [0.25, 0.3) is 0 Å². The summed E-state index contributed by atoms with van der Waals surface area (Å²) in [4.78, 5) is 27.8. The van der Waals surface area contributed by atoms with Gasteiger partial charge in [-0.25, -0.2) is 14.6 Å². The Hall–Kier alpha value is -2.83. The Labute approximate surface area is 140 Å². The number of carbonyl (C=O) groups excluding carboxylic acids is 1. The molecule has 1 atom stereocenters. The number of aliphatic carboxylic acids is 1. The van der Waals surface area contributed by atoms with Crippen LogP contribution >= 0.6 is 0 Å². The van der Waals surface area contributed by atoms with Gasteiger partial charge in [0, 0.05) is 18.8 Å².